The molecular weight excluding hydrogens is 280 g/mol. The Bertz CT molecular complexity index is 614. The molecule has 1 heterocycles. The van der Waals surface area contributed by atoms with Crippen molar-refractivity contribution in [2.75, 3.05) is 5.32 Å². The van der Waals surface area contributed by atoms with Crippen molar-refractivity contribution in [3.05, 3.63) is 58.2 Å². The molecule has 0 fully saturated rings. The van der Waals surface area contributed by atoms with Crippen LogP contribution in [0.5, 0.6) is 0 Å². The molecule has 0 aliphatic carbocycles. The van der Waals surface area contributed by atoms with Gasteiger partial charge >= 0.3 is 5.97 Å². The zero-order valence-corrected chi connectivity index (χ0v) is 11.3. The third-order valence-corrected chi connectivity index (χ3v) is 3.07. The van der Waals surface area contributed by atoms with E-state index in [-0.39, 0.29) is 17.2 Å². The number of rotatable bonds is 5. The summed E-state index contributed by atoms with van der Waals surface area (Å²) >= 11 is 5.75. The van der Waals surface area contributed by atoms with Gasteiger partial charge in [-0.1, -0.05) is 35.9 Å². The first-order valence-electron chi connectivity index (χ1n) is 5.91. The predicted molar refractivity (Wildman–Crippen MR) is 75.9 cm³/mol. The number of halogens is 1. The van der Waals surface area contributed by atoms with Gasteiger partial charge in [0.2, 0.25) is 0 Å². The van der Waals surface area contributed by atoms with Gasteiger partial charge in [-0.25, -0.2) is 9.78 Å². The van der Waals surface area contributed by atoms with Gasteiger partial charge < -0.3 is 15.5 Å². The highest BCUT2D eigenvalue weighted by Crippen LogP contribution is 2.18. The van der Waals surface area contributed by atoms with Crippen molar-refractivity contribution in [1.82, 2.24) is 4.98 Å². The van der Waals surface area contributed by atoms with Crippen molar-refractivity contribution in [3.63, 3.8) is 0 Å². The predicted octanol–water partition coefficient (Wildman–Crippen LogP) is 2.54. The lowest BCUT2D eigenvalue weighted by molar-refractivity contribution is 0.0697. The molecular formula is C14H13ClN2O3. The number of aromatic nitrogens is 1. The molecule has 2 rings (SSSR count). The van der Waals surface area contributed by atoms with E-state index in [2.05, 4.69) is 10.3 Å². The van der Waals surface area contributed by atoms with Crippen LogP contribution >= 0.6 is 11.6 Å². The Hall–Kier alpha value is -2.11. The average Bonchev–Trinajstić information content (AvgIpc) is 2.46. The topological polar surface area (TPSA) is 82.5 Å². The fourth-order valence-electron chi connectivity index (χ4n) is 1.65. The molecule has 0 saturated heterocycles. The summed E-state index contributed by atoms with van der Waals surface area (Å²) in [6.07, 6.45) is 1.31. The minimum Gasteiger partial charge on any atom is -0.478 e. The Morgan fingerprint density at radius 2 is 1.90 bits per heavy atom. The SMILES string of the molecule is O=C(O)c1cc(NCc2ccc(CO)cc2)ncc1Cl. The van der Waals surface area contributed by atoms with Crippen molar-refractivity contribution in [2.45, 2.75) is 13.2 Å². The van der Waals surface area contributed by atoms with Crippen LogP contribution in [0.15, 0.2) is 36.5 Å². The molecule has 0 aliphatic heterocycles. The number of carboxylic acid groups (broad SMARTS) is 1. The Labute approximate surface area is 120 Å². The monoisotopic (exact) mass is 292 g/mol. The molecule has 0 radical (unpaired) electrons. The highest BCUT2D eigenvalue weighted by molar-refractivity contribution is 6.33. The van der Waals surface area contributed by atoms with E-state index in [9.17, 15) is 4.79 Å². The highest BCUT2D eigenvalue weighted by atomic mass is 35.5. The van der Waals surface area contributed by atoms with Gasteiger partial charge in [-0.05, 0) is 17.2 Å². The number of nitrogens with one attached hydrogen (secondary N) is 1. The smallest absolute Gasteiger partial charge is 0.337 e. The van der Waals surface area contributed by atoms with Gasteiger partial charge in [0.05, 0.1) is 17.2 Å². The molecule has 0 saturated carbocycles. The second kappa shape index (κ2) is 6.36. The van der Waals surface area contributed by atoms with E-state index in [1.54, 1.807) is 0 Å². The summed E-state index contributed by atoms with van der Waals surface area (Å²) in [7, 11) is 0. The molecule has 0 atom stereocenters. The number of hydrogen-bond acceptors (Lipinski definition) is 4. The van der Waals surface area contributed by atoms with Crippen LogP contribution in [0.25, 0.3) is 0 Å². The van der Waals surface area contributed by atoms with Crippen LogP contribution in [0, 0.1) is 0 Å². The summed E-state index contributed by atoms with van der Waals surface area (Å²) < 4.78 is 0. The quantitative estimate of drug-likeness (QED) is 0.789. The summed E-state index contributed by atoms with van der Waals surface area (Å²) in [4.78, 5) is 15.0. The third-order valence-electron chi connectivity index (χ3n) is 2.76. The number of anilines is 1. The lowest BCUT2D eigenvalue weighted by atomic mass is 10.1. The first-order chi connectivity index (χ1) is 9.60. The van der Waals surface area contributed by atoms with Crippen molar-refractivity contribution in [3.8, 4) is 0 Å². The number of pyridine rings is 1. The molecule has 20 heavy (non-hydrogen) atoms. The van der Waals surface area contributed by atoms with E-state index in [0.29, 0.717) is 12.4 Å². The van der Waals surface area contributed by atoms with E-state index >= 15 is 0 Å². The fraction of sp³-hybridized carbons (Fsp3) is 0.143. The van der Waals surface area contributed by atoms with Gasteiger partial charge in [-0.15, -0.1) is 0 Å². The largest absolute Gasteiger partial charge is 0.478 e. The van der Waals surface area contributed by atoms with Crippen LogP contribution in [-0.2, 0) is 13.2 Å². The zero-order chi connectivity index (χ0) is 14.5. The van der Waals surface area contributed by atoms with Crippen LogP contribution in [0.1, 0.15) is 21.5 Å². The number of hydrogen-bond donors (Lipinski definition) is 3. The van der Waals surface area contributed by atoms with Crippen LogP contribution in [0.3, 0.4) is 0 Å². The maximum Gasteiger partial charge on any atom is 0.337 e. The van der Waals surface area contributed by atoms with Crippen molar-refractivity contribution < 1.29 is 15.0 Å². The summed E-state index contributed by atoms with van der Waals surface area (Å²) in [5, 5.41) is 21.1. The summed E-state index contributed by atoms with van der Waals surface area (Å²) in [5.41, 5.74) is 1.85. The van der Waals surface area contributed by atoms with Gasteiger partial charge in [0, 0.05) is 12.7 Å². The molecule has 0 unspecified atom stereocenters. The van der Waals surface area contributed by atoms with Crippen LogP contribution < -0.4 is 5.32 Å². The summed E-state index contributed by atoms with van der Waals surface area (Å²) in [6, 6.07) is 8.82. The fourth-order valence-corrected chi connectivity index (χ4v) is 1.84. The van der Waals surface area contributed by atoms with Crippen molar-refractivity contribution in [2.24, 2.45) is 0 Å². The summed E-state index contributed by atoms with van der Waals surface area (Å²) in [5.74, 6) is -0.647. The lowest BCUT2D eigenvalue weighted by Gasteiger charge is -2.07. The molecule has 0 spiro atoms. The molecule has 2 aromatic rings. The van der Waals surface area contributed by atoms with Gasteiger partial charge in [0.1, 0.15) is 5.82 Å². The number of carbonyl (C=O) groups is 1. The average molecular weight is 293 g/mol. The van der Waals surface area contributed by atoms with E-state index in [1.807, 2.05) is 24.3 Å². The van der Waals surface area contributed by atoms with E-state index in [4.69, 9.17) is 21.8 Å². The molecule has 5 nitrogen and oxygen atoms in total. The molecule has 0 bridgehead atoms. The second-order valence-corrected chi connectivity index (χ2v) is 4.59. The van der Waals surface area contributed by atoms with Crippen LogP contribution in [0.4, 0.5) is 5.82 Å². The normalized spacial score (nSPS) is 10.3. The van der Waals surface area contributed by atoms with E-state index < -0.39 is 5.97 Å². The number of benzene rings is 1. The van der Waals surface area contributed by atoms with Gasteiger partial charge in [0.25, 0.3) is 0 Å². The Morgan fingerprint density at radius 1 is 1.25 bits per heavy atom. The first kappa shape index (κ1) is 14.3. The Morgan fingerprint density at radius 3 is 2.50 bits per heavy atom. The third kappa shape index (κ3) is 3.46. The number of aliphatic hydroxyl groups is 1. The van der Waals surface area contributed by atoms with Gasteiger partial charge in [-0.2, -0.15) is 0 Å². The molecule has 1 aromatic carbocycles. The van der Waals surface area contributed by atoms with E-state index in [0.717, 1.165) is 11.1 Å². The molecule has 3 N–H and O–H groups in total. The van der Waals surface area contributed by atoms with Crippen LogP contribution in [-0.4, -0.2) is 21.2 Å². The zero-order valence-electron chi connectivity index (χ0n) is 10.5. The maximum absolute atomic E-state index is 11.0. The minimum atomic E-state index is -1.09. The Kier molecular flexibility index (Phi) is 4.55. The number of aromatic carboxylic acids is 1. The summed E-state index contributed by atoms with van der Waals surface area (Å²) in [6.45, 7) is 0.508. The number of carboxylic acids is 1. The van der Waals surface area contributed by atoms with E-state index in [1.165, 1.54) is 12.3 Å². The van der Waals surface area contributed by atoms with Gasteiger partial charge in [-0.3, -0.25) is 0 Å². The maximum atomic E-state index is 11.0. The van der Waals surface area contributed by atoms with Crippen LogP contribution in [0.2, 0.25) is 5.02 Å². The minimum absolute atomic E-state index is 0.00835. The van der Waals surface area contributed by atoms with Gasteiger partial charge in [0.15, 0.2) is 0 Å². The van der Waals surface area contributed by atoms with Crippen molar-refractivity contribution >= 4 is 23.4 Å². The molecule has 6 heteroatoms. The Balaban J connectivity index is 2.06. The molecule has 0 amide bonds. The second-order valence-electron chi connectivity index (χ2n) is 4.18. The molecule has 104 valence electrons. The molecule has 0 aliphatic rings. The standard InChI is InChI=1S/C14H13ClN2O3/c15-12-7-17-13(5-11(12)14(19)20)16-6-9-1-3-10(8-18)4-2-9/h1-5,7,18H,6,8H2,(H,16,17)(H,19,20). The molecule has 1 aromatic heterocycles. The lowest BCUT2D eigenvalue weighted by Crippen LogP contribution is -2.04. The van der Waals surface area contributed by atoms with Crippen molar-refractivity contribution in [1.29, 1.82) is 0 Å². The number of nitrogens with zero attached hydrogens (tertiary/aromatic N) is 1. The highest BCUT2D eigenvalue weighted by Gasteiger charge is 2.10. The first-order valence-corrected chi connectivity index (χ1v) is 6.29. The number of aliphatic hydroxyl groups excluding tert-OH is 1.